The summed E-state index contributed by atoms with van der Waals surface area (Å²) >= 11 is 0. The summed E-state index contributed by atoms with van der Waals surface area (Å²) in [7, 11) is 1.66. The van der Waals surface area contributed by atoms with Crippen LogP contribution >= 0.6 is 0 Å². The van der Waals surface area contributed by atoms with Gasteiger partial charge in [0.15, 0.2) is 5.82 Å². The average Bonchev–Trinajstić information content (AvgIpc) is 3.43. The van der Waals surface area contributed by atoms with Gasteiger partial charge in [0.05, 0.1) is 24.8 Å². The van der Waals surface area contributed by atoms with E-state index in [1.165, 1.54) is 12.1 Å². The van der Waals surface area contributed by atoms with Crippen molar-refractivity contribution in [1.29, 1.82) is 0 Å². The van der Waals surface area contributed by atoms with E-state index in [-0.39, 0.29) is 5.82 Å². The van der Waals surface area contributed by atoms with Crippen molar-refractivity contribution in [3.8, 4) is 11.4 Å². The number of rotatable bonds is 5. The Morgan fingerprint density at radius 1 is 1.06 bits per heavy atom. The molecule has 0 unspecified atom stereocenters. The first-order valence-electron chi connectivity index (χ1n) is 10.5. The molecular formula is C24H23FN6O. The van der Waals surface area contributed by atoms with E-state index in [4.69, 9.17) is 9.72 Å². The minimum atomic E-state index is -0.250. The maximum Gasteiger partial charge on any atom is 0.228 e. The lowest BCUT2D eigenvalue weighted by atomic mass is 10.1. The van der Waals surface area contributed by atoms with Crippen molar-refractivity contribution in [2.45, 2.75) is 19.9 Å². The first-order valence-corrected chi connectivity index (χ1v) is 10.5. The van der Waals surface area contributed by atoms with Crippen LogP contribution in [0.5, 0.6) is 5.75 Å². The summed E-state index contributed by atoms with van der Waals surface area (Å²) in [5.74, 6) is 1.90. The number of nitrogens with zero attached hydrogens (tertiary/aromatic N) is 6. The lowest BCUT2D eigenvalue weighted by Gasteiger charge is -2.27. The summed E-state index contributed by atoms with van der Waals surface area (Å²) in [6.07, 6.45) is 8.54. The van der Waals surface area contributed by atoms with Crippen molar-refractivity contribution < 1.29 is 9.13 Å². The second kappa shape index (κ2) is 8.30. The fourth-order valence-electron chi connectivity index (χ4n) is 3.85. The van der Waals surface area contributed by atoms with Crippen LogP contribution < -0.4 is 9.64 Å². The molecule has 5 rings (SSSR count). The van der Waals surface area contributed by atoms with Gasteiger partial charge in [-0.2, -0.15) is 4.98 Å². The Kier molecular flexibility index (Phi) is 5.18. The van der Waals surface area contributed by atoms with Crippen LogP contribution in [0.3, 0.4) is 0 Å². The van der Waals surface area contributed by atoms with E-state index in [9.17, 15) is 4.39 Å². The van der Waals surface area contributed by atoms with E-state index in [1.54, 1.807) is 25.6 Å². The number of aryl methyl sites for hydroxylation is 2. The van der Waals surface area contributed by atoms with Crippen molar-refractivity contribution >= 4 is 23.8 Å². The van der Waals surface area contributed by atoms with E-state index in [0.717, 1.165) is 53.8 Å². The van der Waals surface area contributed by atoms with Crippen LogP contribution in [-0.2, 0) is 6.54 Å². The maximum absolute atomic E-state index is 13.3. The minimum absolute atomic E-state index is 0.250. The first-order chi connectivity index (χ1) is 15.6. The number of hydrogen-bond donors (Lipinski definition) is 0. The van der Waals surface area contributed by atoms with Gasteiger partial charge in [-0.3, -0.25) is 0 Å². The lowest BCUT2D eigenvalue weighted by Crippen LogP contribution is -2.28. The molecule has 0 spiro atoms. The molecule has 3 heterocycles. The average molecular weight is 430 g/mol. The highest BCUT2D eigenvalue weighted by Crippen LogP contribution is 2.29. The molecule has 0 atom stereocenters. The van der Waals surface area contributed by atoms with Gasteiger partial charge < -0.3 is 14.2 Å². The lowest BCUT2D eigenvalue weighted by molar-refractivity contribution is 0.413. The van der Waals surface area contributed by atoms with Gasteiger partial charge in [0, 0.05) is 25.0 Å². The molecule has 0 N–H and O–H groups in total. The standard InChI is InChI=1S/C24H23FN6O/c1-17-15-29(16-26-17)21-10-4-18(14-22(21)32-2)5-11-23-27-24-30(12-3-13-31(24)28-23)20-8-6-19(25)7-9-20/h4-11,14-16H,3,12-13H2,1-2H3/b11-5+. The van der Waals surface area contributed by atoms with Crippen molar-refractivity contribution in [3.05, 3.63) is 77.9 Å². The van der Waals surface area contributed by atoms with Crippen LogP contribution in [0.25, 0.3) is 17.8 Å². The maximum atomic E-state index is 13.3. The number of anilines is 2. The highest BCUT2D eigenvalue weighted by molar-refractivity contribution is 5.70. The molecule has 2 aromatic heterocycles. The van der Waals surface area contributed by atoms with Gasteiger partial charge in [-0.25, -0.2) is 14.1 Å². The number of fused-ring (bicyclic) bond motifs is 1. The molecule has 162 valence electrons. The fraction of sp³-hybridized carbons (Fsp3) is 0.208. The zero-order valence-electron chi connectivity index (χ0n) is 17.9. The third kappa shape index (κ3) is 3.87. The quantitative estimate of drug-likeness (QED) is 0.462. The number of imidazole rings is 1. The van der Waals surface area contributed by atoms with E-state index in [1.807, 2.05) is 52.7 Å². The van der Waals surface area contributed by atoms with Crippen LogP contribution in [0.15, 0.2) is 55.0 Å². The summed E-state index contributed by atoms with van der Waals surface area (Å²) in [6, 6.07) is 12.5. The highest BCUT2D eigenvalue weighted by Gasteiger charge is 2.22. The Labute approximate surface area is 185 Å². The van der Waals surface area contributed by atoms with Crippen LogP contribution in [-0.4, -0.2) is 38.0 Å². The second-order valence-electron chi connectivity index (χ2n) is 7.66. The van der Waals surface area contributed by atoms with Crippen LogP contribution in [0, 0.1) is 12.7 Å². The van der Waals surface area contributed by atoms with Gasteiger partial charge in [0.2, 0.25) is 5.95 Å². The van der Waals surface area contributed by atoms with Gasteiger partial charge in [0.25, 0.3) is 0 Å². The van der Waals surface area contributed by atoms with Crippen molar-refractivity contribution in [2.75, 3.05) is 18.6 Å². The molecule has 2 aromatic carbocycles. The van der Waals surface area contributed by atoms with Crippen LogP contribution in [0.1, 0.15) is 23.5 Å². The Balaban J connectivity index is 1.40. The van der Waals surface area contributed by atoms with E-state index in [0.29, 0.717) is 5.82 Å². The monoisotopic (exact) mass is 430 g/mol. The first kappa shape index (κ1) is 20.0. The van der Waals surface area contributed by atoms with Crippen molar-refractivity contribution in [3.63, 3.8) is 0 Å². The summed E-state index contributed by atoms with van der Waals surface area (Å²) in [6.45, 7) is 3.58. The van der Waals surface area contributed by atoms with Gasteiger partial charge >= 0.3 is 0 Å². The Bertz CT molecular complexity index is 1270. The van der Waals surface area contributed by atoms with Crippen molar-refractivity contribution in [1.82, 2.24) is 24.3 Å². The third-order valence-electron chi connectivity index (χ3n) is 5.42. The fourth-order valence-corrected chi connectivity index (χ4v) is 3.85. The number of aromatic nitrogens is 5. The van der Waals surface area contributed by atoms with Gasteiger partial charge in [-0.05, 0) is 61.4 Å². The molecule has 0 saturated heterocycles. The van der Waals surface area contributed by atoms with E-state index < -0.39 is 0 Å². The SMILES string of the molecule is COc1cc(/C=C/c2nc3n(n2)CCCN3c2ccc(F)cc2)ccc1-n1cnc(C)c1. The van der Waals surface area contributed by atoms with Gasteiger partial charge in [-0.15, -0.1) is 5.10 Å². The zero-order valence-corrected chi connectivity index (χ0v) is 17.9. The summed E-state index contributed by atoms with van der Waals surface area (Å²) < 4.78 is 22.7. The zero-order chi connectivity index (χ0) is 22.1. The molecule has 0 saturated carbocycles. The molecule has 1 aliphatic heterocycles. The molecule has 0 aliphatic carbocycles. The molecule has 4 aromatic rings. The van der Waals surface area contributed by atoms with Gasteiger partial charge in [0.1, 0.15) is 11.6 Å². The Morgan fingerprint density at radius 3 is 2.66 bits per heavy atom. The Hall–Kier alpha value is -3.94. The summed E-state index contributed by atoms with van der Waals surface area (Å²) in [5.41, 5.74) is 3.76. The molecule has 0 radical (unpaired) electrons. The van der Waals surface area contributed by atoms with Gasteiger partial charge in [-0.1, -0.05) is 12.1 Å². The summed E-state index contributed by atoms with van der Waals surface area (Å²) in [5, 5.41) is 4.63. The smallest absolute Gasteiger partial charge is 0.228 e. The molecular weight excluding hydrogens is 407 g/mol. The van der Waals surface area contributed by atoms with Crippen LogP contribution in [0.4, 0.5) is 16.0 Å². The Morgan fingerprint density at radius 2 is 1.91 bits per heavy atom. The normalized spacial score (nSPS) is 13.5. The third-order valence-corrected chi connectivity index (χ3v) is 5.42. The second-order valence-corrected chi connectivity index (χ2v) is 7.66. The molecule has 0 amide bonds. The topological polar surface area (TPSA) is 61.0 Å². The molecule has 0 bridgehead atoms. The predicted molar refractivity (Wildman–Crippen MR) is 122 cm³/mol. The number of ether oxygens (including phenoxy) is 1. The highest BCUT2D eigenvalue weighted by atomic mass is 19.1. The van der Waals surface area contributed by atoms with Crippen LogP contribution in [0.2, 0.25) is 0 Å². The molecule has 7 nitrogen and oxygen atoms in total. The minimum Gasteiger partial charge on any atom is -0.495 e. The van der Waals surface area contributed by atoms with Crippen molar-refractivity contribution in [2.24, 2.45) is 0 Å². The molecule has 1 aliphatic rings. The predicted octanol–water partition coefficient (Wildman–Crippen LogP) is 4.63. The number of halogens is 1. The number of benzene rings is 2. The van der Waals surface area contributed by atoms with E-state index in [2.05, 4.69) is 15.0 Å². The molecule has 0 fully saturated rings. The largest absolute Gasteiger partial charge is 0.495 e. The summed E-state index contributed by atoms with van der Waals surface area (Å²) in [4.78, 5) is 11.1. The number of methoxy groups -OCH3 is 1. The molecule has 32 heavy (non-hydrogen) atoms. The number of hydrogen-bond acceptors (Lipinski definition) is 5. The molecule has 8 heteroatoms. The van der Waals surface area contributed by atoms with E-state index >= 15 is 0 Å².